The lowest BCUT2D eigenvalue weighted by atomic mass is 10.1. The minimum Gasteiger partial charge on any atom is -0.350 e. The minimum absolute atomic E-state index is 0.0347. The van der Waals surface area contributed by atoms with E-state index in [1.807, 2.05) is 42.2 Å². The van der Waals surface area contributed by atoms with Gasteiger partial charge in [-0.15, -0.1) is 0 Å². The smallest absolute Gasteiger partial charge is 0.319 e. The van der Waals surface area contributed by atoms with Crippen LogP contribution in [0.25, 0.3) is 0 Å². The number of urea groups is 1. The summed E-state index contributed by atoms with van der Waals surface area (Å²) in [7, 11) is 2.05. The molecule has 3 rings (SSSR count). The van der Waals surface area contributed by atoms with E-state index in [1.165, 1.54) is 0 Å². The highest BCUT2D eigenvalue weighted by atomic mass is 16.2. The molecule has 3 N–H and O–H groups in total. The molecule has 2 aromatic rings. The summed E-state index contributed by atoms with van der Waals surface area (Å²) in [5.41, 5.74) is 3.23. The molecule has 1 heterocycles. The molecule has 164 valence electrons. The van der Waals surface area contributed by atoms with E-state index >= 15 is 0 Å². The number of carbonyl (C=O) groups is 3. The maximum atomic E-state index is 12.6. The van der Waals surface area contributed by atoms with Crippen LogP contribution in [0.5, 0.6) is 0 Å². The summed E-state index contributed by atoms with van der Waals surface area (Å²) in [5, 5.41) is 7.99. The van der Waals surface area contributed by atoms with Gasteiger partial charge >= 0.3 is 6.03 Å². The van der Waals surface area contributed by atoms with Gasteiger partial charge in [-0.3, -0.25) is 9.59 Å². The molecule has 8 heteroatoms. The molecule has 1 fully saturated rings. The zero-order valence-corrected chi connectivity index (χ0v) is 18.0. The quantitative estimate of drug-likeness (QED) is 0.661. The Bertz CT molecular complexity index is 921. The maximum Gasteiger partial charge on any atom is 0.319 e. The topological polar surface area (TPSA) is 93.8 Å². The van der Waals surface area contributed by atoms with Crippen LogP contribution in [-0.4, -0.2) is 67.4 Å². The van der Waals surface area contributed by atoms with Gasteiger partial charge in [-0.2, -0.15) is 0 Å². The summed E-state index contributed by atoms with van der Waals surface area (Å²) in [5.74, 6) is -0.260. The Morgan fingerprint density at radius 1 is 0.935 bits per heavy atom. The van der Waals surface area contributed by atoms with Gasteiger partial charge in [0.2, 0.25) is 5.91 Å². The molecule has 0 saturated carbocycles. The Balaban J connectivity index is 1.40. The average molecular weight is 424 g/mol. The molecule has 4 amide bonds. The number of benzene rings is 2. The number of nitrogens with one attached hydrogen (secondary N) is 3. The van der Waals surface area contributed by atoms with E-state index < -0.39 is 6.03 Å². The zero-order valence-electron chi connectivity index (χ0n) is 18.0. The molecular formula is C23H29N5O3. The van der Waals surface area contributed by atoms with Crippen molar-refractivity contribution in [2.24, 2.45) is 0 Å². The fraction of sp³-hybridized carbons (Fsp3) is 0.348. The summed E-state index contributed by atoms with van der Waals surface area (Å²) in [4.78, 5) is 40.6. The molecule has 0 aromatic heterocycles. The molecule has 2 aromatic carbocycles. The second-order valence-electron chi connectivity index (χ2n) is 7.75. The Morgan fingerprint density at radius 3 is 2.32 bits per heavy atom. The van der Waals surface area contributed by atoms with E-state index in [0.717, 1.165) is 37.3 Å². The lowest BCUT2D eigenvalue weighted by Crippen LogP contribution is -2.47. The third-order valence-corrected chi connectivity index (χ3v) is 5.17. The normalized spacial score (nSPS) is 14.1. The molecule has 0 atom stereocenters. The molecular weight excluding hydrogens is 394 g/mol. The van der Waals surface area contributed by atoms with Crippen LogP contribution in [0.3, 0.4) is 0 Å². The predicted molar refractivity (Wildman–Crippen MR) is 120 cm³/mol. The van der Waals surface area contributed by atoms with Gasteiger partial charge in [0.05, 0.1) is 6.54 Å². The van der Waals surface area contributed by atoms with Crippen molar-refractivity contribution in [2.45, 2.75) is 13.5 Å². The van der Waals surface area contributed by atoms with Crippen molar-refractivity contribution in [3.05, 3.63) is 65.2 Å². The Labute approximate surface area is 182 Å². The average Bonchev–Trinajstić information content (AvgIpc) is 2.77. The highest BCUT2D eigenvalue weighted by Crippen LogP contribution is 2.10. The van der Waals surface area contributed by atoms with E-state index in [2.05, 4.69) is 27.9 Å². The van der Waals surface area contributed by atoms with Crippen molar-refractivity contribution in [1.29, 1.82) is 0 Å². The number of carbonyl (C=O) groups excluding carboxylic acids is 3. The van der Waals surface area contributed by atoms with Gasteiger partial charge < -0.3 is 25.8 Å². The van der Waals surface area contributed by atoms with Crippen LogP contribution in [0.15, 0.2) is 48.5 Å². The standard InChI is InChI=1S/C23H29N5O3/c1-17-4-3-5-20(14-17)26-23(31)25-16-21(29)24-15-18-6-8-19(9-7-18)22(30)28-12-10-27(2)11-13-28/h3-9,14H,10-13,15-16H2,1-2H3,(H,24,29)(H2,25,26,31). The summed E-state index contributed by atoms with van der Waals surface area (Å²) in [6.07, 6.45) is 0. The number of piperazine rings is 1. The minimum atomic E-state index is -0.437. The van der Waals surface area contributed by atoms with Gasteiger partial charge in [0.25, 0.3) is 5.91 Å². The Kier molecular flexibility index (Phi) is 7.61. The molecule has 8 nitrogen and oxygen atoms in total. The second kappa shape index (κ2) is 10.6. The van der Waals surface area contributed by atoms with Crippen molar-refractivity contribution in [1.82, 2.24) is 20.4 Å². The number of hydrogen-bond donors (Lipinski definition) is 3. The van der Waals surface area contributed by atoms with Crippen molar-refractivity contribution < 1.29 is 14.4 Å². The third-order valence-electron chi connectivity index (χ3n) is 5.17. The largest absolute Gasteiger partial charge is 0.350 e. The van der Waals surface area contributed by atoms with Crippen LogP contribution < -0.4 is 16.0 Å². The fourth-order valence-electron chi connectivity index (χ4n) is 3.28. The van der Waals surface area contributed by atoms with Crippen molar-refractivity contribution in [3.8, 4) is 0 Å². The number of aryl methyl sites for hydroxylation is 1. The van der Waals surface area contributed by atoms with E-state index in [-0.39, 0.29) is 18.4 Å². The summed E-state index contributed by atoms with van der Waals surface area (Å²) in [6, 6.07) is 14.2. The van der Waals surface area contributed by atoms with Crippen molar-refractivity contribution >= 4 is 23.5 Å². The number of anilines is 1. The molecule has 0 bridgehead atoms. The van der Waals surface area contributed by atoms with Crippen LogP contribution in [0.1, 0.15) is 21.5 Å². The molecule has 0 unspecified atom stereocenters. The van der Waals surface area contributed by atoms with Crippen LogP contribution in [0, 0.1) is 6.92 Å². The van der Waals surface area contributed by atoms with Crippen LogP contribution in [-0.2, 0) is 11.3 Å². The Morgan fingerprint density at radius 2 is 1.65 bits per heavy atom. The molecule has 1 aliphatic heterocycles. The number of nitrogens with zero attached hydrogens (tertiary/aromatic N) is 2. The van der Waals surface area contributed by atoms with Crippen LogP contribution in [0.4, 0.5) is 10.5 Å². The third kappa shape index (κ3) is 6.82. The Hall–Kier alpha value is -3.39. The summed E-state index contributed by atoms with van der Waals surface area (Å²) in [6.45, 7) is 5.36. The van der Waals surface area contributed by atoms with Crippen molar-refractivity contribution in [2.75, 3.05) is 45.1 Å². The molecule has 31 heavy (non-hydrogen) atoms. The van der Waals surface area contributed by atoms with Crippen LogP contribution in [0.2, 0.25) is 0 Å². The van der Waals surface area contributed by atoms with Gasteiger partial charge in [-0.25, -0.2) is 4.79 Å². The first kappa shape index (κ1) is 22.3. The highest BCUT2D eigenvalue weighted by Gasteiger charge is 2.20. The molecule has 0 radical (unpaired) electrons. The van der Waals surface area contributed by atoms with E-state index in [1.54, 1.807) is 18.2 Å². The first-order valence-corrected chi connectivity index (χ1v) is 10.4. The number of likely N-dealkylation sites (N-methyl/N-ethyl adjacent to an activating group) is 1. The SMILES string of the molecule is Cc1cccc(NC(=O)NCC(=O)NCc2ccc(C(=O)N3CCN(C)CC3)cc2)c1. The van der Waals surface area contributed by atoms with E-state index in [9.17, 15) is 14.4 Å². The second-order valence-corrected chi connectivity index (χ2v) is 7.75. The van der Waals surface area contributed by atoms with E-state index in [0.29, 0.717) is 17.8 Å². The van der Waals surface area contributed by atoms with Gasteiger partial charge in [-0.05, 0) is 49.4 Å². The molecule has 1 saturated heterocycles. The molecule has 0 aliphatic carbocycles. The van der Waals surface area contributed by atoms with Gasteiger partial charge in [0, 0.05) is 44.0 Å². The highest BCUT2D eigenvalue weighted by molar-refractivity contribution is 5.94. The fourth-order valence-corrected chi connectivity index (χ4v) is 3.28. The maximum absolute atomic E-state index is 12.6. The zero-order chi connectivity index (χ0) is 22.2. The van der Waals surface area contributed by atoms with Gasteiger partial charge in [0.1, 0.15) is 0 Å². The van der Waals surface area contributed by atoms with Crippen molar-refractivity contribution in [3.63, 3.8) is 0 Å². The predicted octanol–water partition coefficient (Wildman–Crippen LogP) is 1.82. The number of rotatable bonds is 6. The number of amides is 4. The number of hydrogen-bond acceptors (Lipinski definition) is 4. The van der Waals surface area contributed by atoms with Crippen LogP contribution >= 0.6 is 0 Å². The lowest BCUT2D eigenvalue weighted by molar-refractivity contribution is -0.120. The molecule has 1 aliphatic rings. The summed E-state index contributed by atoms with van der Waals surface area (Å²) < 4.78 is 0. The first-order chi connectivity index (χ1) is 14.9. The van der Waals surface area contributed by atoms with E-state index in [4.69, 9.17) is 0 Å². The lowest BCUT2D eigenvalue weighted by Gasteiger charge is -2.32. The van der Waals surface area contributed by atoms with Gasteiger partial charge in [0.15, 0.2) is 0 Å². The first-order valence-electron chi connectivity index (χ1n) is 10.4. The summed E-state index contributed by atoms with van der Waals surface area (Å²) >= 11 is 0. The molecule has 0 spiro atoms. The monoisotopic (exact) mass is 423 g/mol. The van der Waals surface area contributed by atoms with Gasteiger partial charge in [-0.1, -0.05) is 24.3 Å².